The molecule has 0 unspecified atom stereocenters. The van der Waals surface area contributed by atoms with Crippen LogP contribution in [0.2, 0.25) is 0 Å². The van der Waals surface area contributed by atoms with Crippen LogP contribution >= 0.6 is 0 Å². The second kappa shape index (κ2) is 4.48. The van der Waals surface area contributed by atoms with Gasteiger partial charge < -0.3 is 10.6 Å². The van der Waals surface area contributed by atoms with E-state index in [-0.39, 0.29) is 0 Å². The quantitative estimate of drug-likeness (QED) is 0.662. The number of nitrogens with zero attached hydrogens (tertiary/aromatic N) is 4. The van der Waals surface area contributed by atoms with E-state index in [1.165, 1.54) is 12.5 Å². The monoisotopic (exact) mass is 259 g/mol. The maximum absolute atomic E-state index is 13.5. The van der Waals surface area contributed by atoms with Crippen LogP contribution in [0.25, 0.3) is 10.9 Å². The van der Waals surface area contributed by atoms with E-state index in [0.29, 0.717) is 28.4 Å². The Morgan fingerprint density at radius 1 is 1.16 bits per heavy atom. The SMILES string of the molecule is CNc1cc(Nc2ncc(F)c3[nH]ncc23)ncn1. The van der Waals surface area contributed by atoms with Crippen molar-refractivity contribution < 1.29 is 4.39 Å². The van der Waals surface area contributed by atoms with Crippen LogP contribution in [0.1, 0.15) is 0 Å². The fourth-order valence-electron chi connectivity index (χ4n) is 1.69. The molecule has 0 amide bonds. The van der Waals surface area contributed by atoms with Gasteiger partial charge in [0.1, 0.15) is 29.3 Å². The normalized spacial score (nSPS) is 10.6. The van der Waals surface area contributed by atoms with E-state index in [2.05, 4.69) is 35.8 Å². The average molecular weight is 259 g/mol. The minimum Gasteiger partial charge on any atom is -0.373 e. The highest BCUT2D eigenvalue weighted by Gasteiger charge is 2.10. The number of anilines is 3. The lowest BCUT2D eigenvalue weighted by Crippen LogP contribution is -2.00. The number of hydrogen-bond acceptors (Lipinski definition) is 6. The van der Waals surface area contributed by atoms with Gasteiger partial charge in [-0.2, -0.15) is 5.10 Å². The predicted octanol–water partition coefficient (Wildman–Crippen LogP) is 1.67. The molecule has 3 N–H and O–H groups in total. The number of aromatic nitrogens is 5. The van der Waals surface area contributed by atoms with E-state index in [0.717, 1.165) is 6.20 Å². The molecule has 0 aliphatic rings. The van der Waals surface area contributed by atoms with Crippen molar-refractivity contribution in [2.45, 2.75) is 0 Å². The summed E-state index contributed by atoms with van der Waals surface area (Å²) in [5.74, 6) is 1.26. The number of pyridine rings is 1. The van der Waals surface area contributed by atoms with Crippen molar-refractivity contribution in [3.8, 4) is 0 Å². The van der Waals surface area contributed by atoms with E-state index in [9.17, 15) is 4.39 Å². The van der Waals surface area contributed by atoms with Crippen molar-refractivity contribution in [3.63, 3.8) is 0 Å². The van der Waals surface area contributed by atoms with Gasteiger partial charge in [-0.3, -0.25) is 5.10 Å². The summed E-state index contributed by atoms with van der Waals surface area (Å²) in [5, 5.41) is 12.9. The Bertz CT molecular complexity index is 724. The van der Waals surface area contributed by atoms with Crippen molar-refractivity contribution in [2.75, 3.05) is 17.7 Å². The second-order valence-electron chi connectivity index (χ2n) is 3.78. The number of hydrogen-bond donors (Lipinski definition) is 3. The Labute approximate surface area is 107 Å². The molecule has 0 aromatic carbocycles. The first kappa shape index (κ1) is 11.3. The molecule has 0 saturated carbocycles. The zero-order valence-corrected chi connectivity index (χ0v) is 9.98. The van der Waals surface area contributed by atoms with Crippen LogP contribution < -0.4 is 10.6 Å². The Morgan fingerprint density at radius 2 is 2.00 bits per heavy atom. The van der Waals surface area contributed by atoms with Crippen molar-refractivity contribution in [1.82, 2.24) is 25.1 Å². The minimum absolute atomic E-state index is 0.306. The molecule has 0 radical (unpaired) electrons. The third kappa shape index (κ3) is 2.03. The highest BCUT2D eigenvalue weighted by atomic mass is 19.1. The first-order chi connectivity index (χ1) is 9.28. The second-order valence-corrected chi connectivity index (χ2v) is 3.78. The zero-order valence-electron chi connectivity index (χ0n) is 9.98. The first-order valence-corrected chi connectivity index (χ1v) is 5.52. The Kier molecular flexibility index (Phi) is 2.67. The van der Waals surface area contributed by atoms with Crippen LogP contribution in [0.3, 0.4) is 0 Å². The van der Waals surface area contributed by atoms with E-state index >= 15 is 0 Å². The molecule has 0 bridgehead atoms. The molecular weight excluding hydrogens is 249 g/mol. The number of fused-ring (bicyclic) bond motifs is 1. The van der Waals surface area contributed by atoms with Crippen LogP contribution in [0.5, 0.6) is 0 Å². The Balaban J connectivity index is 2.01. The predicted molar refractivity (Wildman–Crippen MR) is 68.7 cm³/mol. The lowest BCUT2D eigenvalue weighted by atomic mass is 10.3. The lowest BCUT2D eigenvalue weighted by Gasteiger charge is -2.06. The topological polar surface area (TPSA) is 91.4 Å². The average Bonchev–Trinajstić information content (AvgIpc) is 2.93. The van der Waals surface area contributed by atoms with Crippen molar-refractivity contribution in [3.05, 3.63) is 30.6 Å². The van der Waals surface area contributed by atoms with Crippen LogP contribution in [0.4, 0.5) is 21.8 Å². The van der Waals surface area contributed by atoms with Gasteiger partial charge in [0, 0.05) is 13.1 Å². The molecule has 0 saturated heterocycles. The molecule has 3 aromatic heterocycles. The number of rotatable bonds is 3. The molecule has 0 fully saturated rings. The van der Waals surface area contributed by atoms with E-state index < -0.39 is 5.82 Å². The van der Waals surface area contributed by atoms with Gasteiger partial charge in [-0.15, -0.1) is 0 Å². The van der Waals surface area contributed by atoms with Gasteiger partial charge in [0.05, 0.1) is 17.8 Å². The summed E-state index contributed by atoms with van der Waals surface area (Å²) in [4.78, 5) is 12.1. The summed E-state index contributed by atoms with van der Waals surface area (Å²) in [7, 11) is 1.76. The summed E-state index contributed by atoms with van der Waals surface area (Å²) < 4.78 is 13.5. The Morgan fingerprint density at radius 3 is 2.84 bits per heavy atom. The number of nitrogens with one attached hydrogen (secondary N) is 3. The molecule has 3 aromatic rings. The number of H-pyrrole nitrogens is 1. The van der Waals surface area contributed by atoms with Crippen molar-refractivity contribution in [1.29, 1.82) is 0 Å². The van der Waals surface area contributed by atoms with Gasteiger partial charge in [0.2, 0.25) is 0 Å². The summed E-state index contributed by atoms with van der Waals surface area (Å²) in [5.41, 5.74) is 0.306. The van der Waals surface area contributed by atoms with Crippen molar-refractivity contribution >= 4 is 28.4 Å². The largest absolute Gasteiger partial charge is 0.373 e. The van der Waals surface area contributed by atoms with Gasteiger partial charge in [0.25, 0.3) is 0 Å². The van der Waals surface area contributed by atoms with Crippen LogP contribution in [-0.2, 0) is 0 Å². The van der Waals surface area contributed by atoms with Gasteiger partial charge in [-0.1, -0.05) is 0 Å². The smallest absolute Gasteiger partial charge is 0.167 e. The third-order valence-corrected chi connectivity index (χ3v) is 2.61. The summed E-state index contributed by atoms with van der Waals surface area (Å²) in [6.07, 6.45) is 4.06. The molecule has 3 rings (SSSR count). The molecule has 0 aliphatic carbocycles. The number of halogens is 1. The molecule has 3 heterocycles. The van der Waals surface area contributed by atoms with E-state index in [4.69, 9.17) is 0 Å². The molecule has 0 aliphatic heterocycles. The van der Waals surface area contributed by atoms with Crippen LogP contribution in [0, 0.1) is 5.82 Å². The van der Waals surface area contributed by atoms with E-state index in [1.54, 1.807) is 13.1 Å². The number of aromatic amines is 1. The van der Waals surface area contributed by atoms with Gasteiger partial charge in [-0.05, 0) is 0 Å². The molecule has 0 spiro atoms. The highest BCUT2D eigenvalue weighted by molar-refractivity contribution is 5.90. The summed E-state index contributed by atoms with van der Waals surface area (Å²) in [6.45, 7) is 0. The molecule has 8 heteroatoms. The molecule has 7 nitrogen and oxygen atoms in total. The summed E-state index contributed by atoms with van der Waals surface area (Å²) >= 11 is 0. The third-order valence-electron chi connectivity index (χ3n) is 2.61. The molecule has 0 atom stereocenters. The fraction of sp³-hybridized carbons (Fsp3) is 0.0909. The van der Waals surface area contributed by atoms with Gasteiger partial charge in [0.15, 0.2) is 5.82 Å². The Hall–Kier alpha value is -2.77. The van der Waals surface area contributed by atoms with Crippen LogP contribution in [0.15, 0.2) is 24.8 Å². The molecule has 19 heavy (non-hydrogen) atoms. The van der Waals surface area contributed by atoms with Crippen LogP contribution in [-0.4, -0.2) is 32.2 Å². The van der Waals surface area contributed by atoms with E-state index in [1.807, 2.05) is 0 Å². The first-order valence-electron chi connectivity index (χ1n) is 5.52. The highest BCUT2D eigenvalue weighted by Crippen LogP contribution is 2.24. The molecular formula is C11H10FN7. The fourth-order valence-corrected chi connectivity index (χ4v) is 1.69. The standard InChI is InChI=1S/C11H10FN7/c1-13-8-2-9(16-5-15-8)18-11-6-3-17-19-10(6)7(12)4-14-11/h2-5H,1H3,(H,17,19)(H2,13,14,15,16,18). The maximum atomic E-state index is 13.5. The molecule has 96 valence electrons. The summed E-state index contributed by atoms with van der Waals surface area (Å²) in [6, 6.07) is 1.72. The maximum Gasteiger partial charge on any atom is 0.167 e. The van der Waals surface area contributed by atoms with Crippen molar-refractivity contribution in [2.24, 2.45) is 0 Å². The van der Waals surface area contributed by atoms with Gasteiger partial charge >= 0.3 is 0 Å². The minimum atomic E-state index is -0.448. The zero-order chi connectivity index (χ0) is 13.2. The van der Waals surface area contributed by atoms with Gasteiger partial charge in [-0.25, -0.2) is 19.3 Å². The lowest BCUT2D eigenvalue weighted by molar-refractivity contribution is 0.631.